The number of carbonyl (C=O) groups excluding carboxylic acids is 1. The van der Waals surface area contributed by atoms with Crippen molar-refractivity contribution in [3.8, 4) is 11.5 Å². The molecule has 0 saturated carbocycles. The van der Waals surface area contributed by atoms with Crippen molar-refractivity contribution in [2.24, 2.45) is 4.99 Å². The van der Waals surface area contributed by atoms with Gasteiger partial charge in [0.2, 0.25) is 0 Å². The maximum Gasteiger partial charge on any atom is 0.264 e. The van der Waals surface area contributed by atoms with Crippen LogP contribution >= 0.6 is 57.6 Å². The van der Waals surface area contributed by atoms with E-state index in [1.165, 1.54) is 11.8 Å². The van der Waals surface area contributed by atoms with Crippen LogP contribution in [0.25, 0.3) is 6.08 Å². The number of carbonyl (C=O) groups is 1. The number of hydrogen-bond acceptors (Lipinski definition) is 5. The first-order valence-electron chi connectivity index (χ1n) is 9.10. The van der Waals surface area contributed by atoms with Gasteiger partial charge in [-0.25, -0.2) is 4.99 Å². The summed E-state index contributed by atoms with van der Waals surface area (Å²) in [6.07, 6.45) is 2.75. The Bertz CT molecular complexity index is 1040. The quantitative estimate of drug-likeness (QED) is 0.308. The number of aliphatic imine (C=N–C) groups is 1. The maximum absolute atomic E-state index is 12.4. The first kappa shape index (κ1) is 23.2. The minimum atomic E-state index is -0.231. The highest BCUT2D eigenvalue weighted by molar-refractivity contribution is 14.1. The number of benzene rings is 2. The van der Waals surface area contributed by atoms with Crippen LogP contribution in [0.4, 0.5) is 5.69 Å². The molecule has 5 nitrogen and oxygen atoms in total. The van der Waals surface area contributed by atoms with Crippen molar-refractivity contribution >= 4 is 80.4 Å². The Labute approximate surface area is 203 Å². The van der Waals surface area contributed by atoms with E-state index in [0.717, 1.165) is 15.6 Å². The number of methoxy groups -OCH3 is 1. The lowest BCUT2D eigenvalue weighted by Crippen LogP contribution is -2.19. The molecule has 9 heteroatoms. The van der Waals surface area contributed by atoms with Gasteiger partial charge >= 0.3 is 0 Å². The fraction of sp³-hybridized carbons (Fsp3) is 0.238. The van der Waals surface area contributed by atoms with E-state index in [2.05, 4.69) is 39.8 Å². The van der Waals surface area contributed by atoms with Gasteiger partial charge in [0.05, 0.1) is 37.4 Å². The van der Waals surface area contributed by atoms with Crippen LogP contribution in [0.3, 0.4) is 0 Å². The van der Waals surface area contributed by atoms with Crippen LogP contribution in [0.5, 0.6) is 11.5 Å². The Hall–Kier alpha value is -1.42. The maximum atomic E-state index is 12.4. The standard InChI is InChI=1S/C21H19Cl2IN2O3S/c1-4-11(2)29-19-14(24)8-12(9-16(19)28-3)10-17-20(27)26-21(30-17)25-15-7-5-6-13(22)18(15)23/h5-11H,4H2,1-3H3,(H,25,26,27)/b17-10-/t11-/m0/s1. The number of amides is 1. The SMILES string of the molecule is CC[C@H](C)Oc1c(I)cc(/C=C2\SC(=Nc3cccc(Cl)c3Cl)NC2=O)cc1OC. The molecule has 1 atom stereocenters. The lowest BCUT2D eigenvalue weighted by molar-refractivity contribution is -0.115. The predicted octanol–water partition coefficient (Wildman–Crippen LogP) is 6.68. The molecule has 1 heterocycles. The summed E-state index contributed by atoms with van der Waals surface area (Å²) in [7, 11) is 1.60. The molecule has 2 aromatic carbocycles. The Morgan fingerprint density at radius 3 is 2.80 bits per heavy atom. The second-order valence-corrected chi connectivity index (χ2v) is 9.40. The molecule has 0 spiro atoms. The molecule has 0 aromatic heterocycles. The molecule has 30 heavy (non-hydrogen) atoms. The van der Waals surface area contributed by atoms with Crippen molar-refractivity contribution in [3.63, 3.8) is 0 Å². The van der Waals surface area contributed by atoms with E-state index in [-0.39, 0.29) is 12.0 Å². The van der Waals surface area contributed by atoms with Gasteiger partial charge in [0.25, 0.3) is 5.91 Å². The van der Waals surface area contributed by atoms with Crippen molar-refractivity contribution in [1.29, 1.82) is 0 Å². The number of nitrogens with one attached hydrogen (secondary N) is 1. The molecule has 1 fully saturated rings. The first-order valence-corrected chi connectivity index (χ1v) is 11.7. The molecule has 2 aromatic rings. The zero-order chi connectivity index (χ0) is 21.8. The second-order valence-electron chi connectivity index (χ2n) is 6.43. The third-order valence-corrected chi connectivity index (χ3v) is 6.77. The highest BCUT2D eigenvalue weighted by Gasteiger charge is 2.25. The zero-order valence-electron chi connectivity index (χ0n) is 16.5. The minimum Gasteiger partial charge on any atom is -0.493 e. The van der Waals surface area contributed by atoms with E-state index >= 15 is 0 Å². The van der Waals surface area contributed by atoms with Crippen LogP contribution in [-0.4, -0.2) is 24.3 Å². The van der Waals surface area contributed by atoms with E-state index in [1.807, 2.05) is 19.1 Å². The Kier molecular flexibility index (Phi) is 7.95. The number of nitrogens with zero attached hydrogens (tertiary/aromatic N) is 1. The molecule has 1 aliphatic heterocycles. The molecule has 158 valence electrons. The average Bonchev–Trinajstić information content (AvgIpc) is 3.05. The first-order chi connectivity index (χ1) is 14.3. The molecular weight excluding hydrogens is 558 g/mol. The molecule has 0 unspecified atom stereocenters. The van der Waals surface area contributed by atoms with Gasteiger partial charge < -0.3 is 14.8 Å². The number of ether oxygens (including phenoxy) is 2. The van der Waals surface area contributed by atoms with Crippen LogP contribution in [0.15, 0.2) is 40.2 Å². The summed E-state index contributed by atoms with van der Waals surface area (Å²) in [5.74, 6) is 1.10. The van der Waals surface area contributed by atoms with Crippen molar-refractivity contribution in [2.75, 3.05) is 7.11 Å². The van der Waals surface area contributed by atoms with Crippen molar-refractivity contribution in [3.05, 3.63) is 54.4 Å². The summed E-state index contributed by atoms with van der Waals surface area (Å²) in [5, 5.41) is 3.94. The summed E-state index contributed by atoms with van der Waals surface area (Å²) in [6, 6.07) is 8.97. The summed E-state index contributed by atoms with van der Waals surface area (Å²) in [6.45, 7) is 4.08. The zero-order valence-corrected chi connectivity index (χ0v) is 20.9. The Balaban J connectivity index is 1.88. The van der Waals surface area contributed by atoms with Crippen LogP contribution in [0.2, 0.25) is 10.0 Å². The monoisotopic (exact) mass is 576 g/mol. The van der Waals surface area contributed by atoms with Crippen LogP contribution in [0.1, 0.15) is 25.8 Å². The van der Waals surface area contributed by atoms with E-state index in [1.54, 1.807) is 31.4 Å². The summed E-state index contributed by atoms with van der Waals surface area (Å²) in [4.78, 5) is 17.4. The molecule has 1 aliphatic rings. The van der Waals surface area contributed by atoms with E-state index in [4.69, 9.17) is 32.7 Å². The van der Waals surface area contributed by atoms with Crippen LogP contribution in [0, 0.1) is 3.57 Å². The van der Waals surface area contributed by atoms with Gasteiger partial charge in [-0.05, 0) is 83.6 Å². The van der Waals surface area contributed by atoms with Crippen molar-refractivity contribution in [2.45, 2.75) is 26.4 Å². The summed E-state index contributed by atoms with van der Waals surface area (Å²) in [5.41, 5.74) is 1.32. The van der Waals surface area contributed by atoms with Gasteiger partial charge in [-0.15, -0.1) is 0 Å². The highest BCUT2D eigenvalue weighted by atomic mass is 127. The Morgan fingerprint density at radius 1 is 1.33 bits per heavy atom. The molecule has 1 saturated heterocycles. The van der Waals surface area contributed by atoms with Gasteiger partial charge in [-0.1, -0.05) is 36.2 Å². The molecular formula is C21H19Cl2IN2O3S. The van der Waals surface area contributed by atoms with Gasteiger partial charge in [0.1, 0.15) is 0 Å². The molecule has 0 radical (unpaired) electrons. The second kappa shape index (κ2) is 10.3. The van der Waals surface area contributed by atoms with Crippen LogP contribution in [-0.2, 0) is 4.79 Å². The summed E-state index contributed by atoms with van der Waals surface area (Å²) >= 11 is 15.7. The highest BCUT2D eigenvalue weighted by Crippen LogP contribution is 2.38. The smallest absolute Gasteiger partial charge is 0.264 e. The van der Waals surface area contributed by atoms with Gasteiger partial charge in [0.15, 0.2) is 16.7 Å². The number of amidine groups is 1. The third kappa shape index (κ3) is 5.43. The molecule has 0 bridgehead atoms. The predicted molar refractivity (Wildman–Crippen MR) is 133 cm³/mol. The topological polar surface area (TPSA) is 59.9 Å². The number of thioether (sulfide) groups is 1. The van der Waals surface area contributed by atoms with Gasteiger partial charge in [-0.3, -0.25) is 4.79 Å². The lowest BCUT2D eigenvalue weighted by atomic mass is 10.2. The van der Waals surface area contributed by atoms with Gasteiger partial charge in [-0.2, -0.15) is 0 Å². The molecule has 0 aliphatic carbocycles. The van der Waals surface area contributed by atoms with Crippen molar-refractivity contribution in [1.82, 2.24) is 5.32 Å². The lowest BCUT2D eigenvalue weighted by Gasteiger charge is -2.17. The van der Waals surface area contributed by atoms with Gasteiger partial charge in [0, 0.05) is 0 Å². The Morgan fingerprint density at radius 2 is 2.10 bits per heavy atom. The molecule has 1 N–H and O–H groups in total. The van der Waals surface area contributed by atoms with E-state index in [9.17, 15) is 4.79 Å². The molecule has 1 amide bonds. The molecule has 3 rings (SSSR count). The summed E-state index contributed by atoms with van der Waals surface area (Å²) < 4.78 is 12.4. The van der Waals surface area contributed by atoms with E-state index in [0.29, 0.717) is 37.3 Å². The van der Waals surface area contributed by atoms with E-state index < -0.39 is 0 Å². The number of halogens is 3. The van der Waals surface area contributed by atoms with Crippen LogP contribution < -0.4 is 14.8 Å². The number of rotatable bonds is 6. The largest absolute Gasteiger partial charge is 0.493 e. The average molecular weight is 577 g/mol. The fourth-order valence-corrected chi connectivity index (χ4v) is 4.47. The fourth-order valence-electron chi connectivity index (χ4n) is 2.54. The number of hydrogen-bond donors (Lipinski definition) is 1. The normalized spacial score (nSPS) is 17.3. The van der Waals surface area contributed by atoms with Crippen molar-refractivity contribution < 1.29 is 14.3 Å². The minimum absolute atomic E-state index is 0.0740. The third-order valence-electron chi connectivity index (χ3n) is 4.25.